The van der Waals surface area contributed by atoms with Crippen LogP contribution in [-0.4, -0.2) is 36.3 Å². The molecule has 0 saturated carbocycles. The van der Waals surface area contributed by atoms with E-state index in [0.717, 1.165) is 38.0 Å². The Morgan fingerprint density at radius 3 is 2.29 bits per heavy atom. The Hall–Kier alpha value is -2.62. The molecule has 2 aliphatic heterocycles. The van der Waals surface area contributed by atoms with Crippen molar-refractivity contribution in [3.63, 3.8) is 0 Å². The van der Waals surface area contributed by atoms with E-state index in [1.807, 2.05) is 28.0 Å². The monoisotopic (exact) mass is 320 g/mol. The Morgan fingerprint density at radius 2 is 1.50 bits per heavy atom. The predicted octanol–water partition coefficient (Wildman–Crippen LogP) is 3.13. The largest absolute Gasteiger partial charge is 0.339 e. The first-order chi connectivity index (χ1) is 11.7. The minimum absolute atomic E-state index is 0.0315. The van der Waals surface area contributed by atoms with Crippen molar-refractivity contribution in [1.29, 1.82) is 0 Å². The maximum Gasteiger partial charge on any atom is 0.258 e. The molecule has 4 heteroatoms. The van der Waals surface area contributed by atoms with Gasteiger partial charge in [-0.15, -0.1) is 0 Å². The van der Waals surface area contributed by atoms with E-state index in [4.69, 9.17) is 0 Å². The molecule has 2 aliphatic rings. The summed E-state index contributed by atoms with van der Waals surface area (Å²) in [6, 6.07) is 15.1. The molecule has 0 bridgehead atoms. The third-order valence-electron chi connectivity index (χ3n) is 4.88. The minimum atomic E-state index is -0.0315. The summed E-state index contributed by atoms with van der Waals surface area (Å²) in [5, 5.41) is 0. The van der Waals surface area contributed by atoms with Gasteiger partial charge in [-0.25, -0.2) is 0 Å². The topological polar surface area (TPSA) is 40.6 Å². The van der Waals surface area contributed by atoms with E-state index in [-0.39, 0.29) is 11.8 Å². The summed E-state index contributed by atoms with van der Waals surface area (Å²) >= 11 is 0. The molecule has 1 saturated heterocycles. The molecular formula is C20H20N2O2. The Labute approximate surface area is 141 Å². The molecule has 4 rings (SSSR count). The summed E-state index contributed by atoms with van der Waals surface area (Å²) in [6.45, 7) is 2.33. The van der Waals surface area contributed by atoms with Gasteiger partial charge in [-0.3, -0.25) is 9.59 Å². The van der Waals surface area contributed by atoms with Gasteiger partial charge in [0.1, 0.15) is 0 Å². The molecular weight excluding hydrogens is 300 g/mol. The number of nitrogens with zero attached hydrogens (tertiary/aromatic N) is 2. The van der Waals surface area contributed by atoms with E-state index in [2.05, 4.69) is 6.07 Å². The standard InChI is InChI=1S/C20H20N2O2/c23-19(21-11-3-4-12-21)16-7-5-8-17(14-16)20(24)22-13-10-15-6-1-2-9-18(15)22/h1-2,5-9,14H,3-4,10-13H2. The van der Waals surface area contributed by atoms with Crippen molar-refractivity contribution in [1.82, 2.24) is 4.90 Å². The molecule has 122 valence electrons. The zero-order chi connectivity index (χ0) is 16.5. The lowest BCUT2D eigenvalue weighted by Crippen LogP contribution is -2.30. The van der Waals surface area contributed by atoms with Gasteiger partial charge < -0.3 is 9.80 Å². The summed E-state index contributed by atoms with van der Waals surface area (Å²) in [4.78, 5) is 29.1. The summed E-state index contributed by atoms with van der Waals surface area (Å²) in [7, 11) is 0. The first kappa shape index (κ1) is 14.9. The number of fused-ring (bicyclic) bond motifs is 1. The highest BCUT2D eigenvalue weighted by Crippen LogP contribution is 2.29. The normalized spacial score (nSPS) is 16.3. The van der Waals surface area contributed by atoms with Gasteiger partial charge in [0.2, 0.25) is 0 Å². The number of amides is 2. The Morgan fingerprint density at radius 1 is 0.792 bits per heavy atom. The van der Waals surface area contributed by atoms with E-state index in [0.29, 0.717) is 17.7 Å². The second kappa shape index (κ2) is 6.11. The van der Waals surface area contributed by atoms with Gasteiger partial charge in [-0.05, 0) is 49.1 Å². The van der Waals surface area contributed by atoms with Crippen LogP contribution in [0.5, 0.6) is 0 Å². The van der Waals surface area contributed by atoms with E-state index >= 15 is 0 Å². The lowest BCUT2D eigenvalue weighted by Gasteiger charge is -2.19. The number of anilines is 1. The molecule has 2 aromatic carbocycles. The molecule has 0 N–H and O–H groups in total. The molecule has 2 heterocycles. The number of carbonyl (C=O) groups excluding carboxylic acids is 2. The van der Waals surface area contributed by atoms with Crippen molar-refractivity contribution in [2.75, 3.05) is 24.5 Å². The molecule has 0 unspecified atom stereocenters. The van der Waals surface area contributed by atoms with E-state index in [9.17, 15) is 9.59 Å². The SMILES string of the molecule is O=C(c1cccc(C(=O)N2CCc3ccccc32)c1)N1CCCC1. The summed E-state index contributed by atoms with van der Waals surface area (Å²) in [5.41, 5.74) is 3.38. The molecule has 24 heavy (non-hydrogen) atoms. The van der Waals surface area contributed by atoms with Gasteiger partial charge in [-0.1, -0.05) is 24.3 Å². The third-order valence-corrected chi connectivity index (χ3v) is 4.88. The van der Waals surface area contributed by atoms with Crippen LogP contribution in [-0.2, 0) is 6.42 Å². The first-order valence-electron chi connectivity index (χ1n) is 8.53. The van der Waals surface area contributed by atoms with Crippen LogP contribution in [0.4, 0.5) is 5.69 Å². The Balaban J connectivity index is 1.60. The minimum Gasteiger partial charge on any atom is -0.339 e. The Kier molecular flexibility index (Phi) is 3.81. The van der Waals surface area contributed by atoms with Crippen molar-refractivity contribution in [2.45, 2.75) is 19.3 Å². The number of para-hydroxylation sites is 1. The van der Waals surface area contributed by atoms with Crippen molar-refractivity contribution >= 4 is 17.5 Å². The fourth-order valence-corrected chi connectivity index (χ4v) is 3.59. The van der Waals surface area contributed by atoms with Crippen LogP contribution < -0.4 is 4.90 Å². The average Bonchev–Trinajstić information content (AvgIpc) is 3.30. The molecule has 4 nitrogen and oxygen atoms in total. The maximum absolute atomic E-state index is 12.9. The second-order valence-corrected chi connectivity index (χ2v) is 6.42. The van der Waals surface area contributed by atoms with Crippen LogP contribution in [0.2, 0.25) is 0 Å². The van der Waals surface area contributed by atoms with Crippen molar-refractivity contribution < 1.29 is 9.59 Å². The molecule has 1 fully saturated rings. The lowest BCUT2D eigenvalue weighted by molar-refractivity contribution is 0.0793. The first-order valence-corrected chi connectivity index (χ1v) is 8.53. The van der Waals surface area contributed by atoms with Crippen molar-refractivity contribution in [2.24, 2.45) is 0 Å². The summed E-state index contributed by atoms with van der Waals surface area (Å²) < 4.78 is 0. The number of likely N-dealkylation sites (tertiary alicyclic amines) is 1. The molecule has 0 aliphatic carbocycles. The van der Waals surface area contributed by atoms with E-state index in [1.54, 1.807) is 24.3 Å². The summed E-state index contributed by atoms with van der Waals surface area (Å²) in [6.07, 6.45) is 3.01. The van der Waals surface area contributed by atoms with Crippen LogP contribution >= 0.6 is 0 Å². The number of rotatable bonds is 2. The van der Waals surface area contributed by atoms with Gasteiger partial charge >= 0.3 is 0 Å². The van der Waals surface area contributed by atoms with Crippen molar-refractivity contribution in [3.05, 3.63) is 65.2 Å². The molecule has 0 radical (unpaired) electrons. The van der Waals surface area contributed by atoms with E-state index < -0.39 is 0 Å². The van der Waals surface area contributed by atoms with Crippen LogP contribution in [0, 0.1) is 0 Å². The number of hydrogen-bond acceptors (Lipinski definition) is 2. The molecule has 0 atom stereocenters. The van der Waals surface area contributed by atoms with Gasteiger partial charge in [0.15, 0.2) is 0 Å². The maximum atomic E-state index is 12.9. The number of benzene rings is 2. The molecule has 2 aromatic rings. The van der Waals surface area contributed by atoms with Crippen LogP contribution in [0.25, 0.3) is 0 Å². The van der Waals surface area contributed by atoms with Gasteiger partial charge in [0, 0.05) is 36.4 Å². The number of carbonyl (C=O) groups is 2. The fourth-order valence-electron chi connectivity index (χ4n) is 3.59. The molecule has 2 amide bonds. The van der Waals surface area contributed by atoms with Crippen LogP contribution in [0.15, 0.2) is 48.5 Å². The van der Waals surface area contributed by atoms with Gasteiger partial charge in [0.05, 0.1) is 0 Å². The highest BCUT2D eigenvalue weighted by atomic mass is 16.2. The second-order valence-electron chi connectivity index (χ2n) is 6.42. The van der Waals surface area contributed by atoms with Gasteiger partial charge in [-0.2, -0.15) is 0 Å². The molecule has 0 spiro atoms. The third kappa shape index (κ3) is 2.58. The smallest absolute Gasteiger partial charge is 0.258 e. The van der Waals surface area contributed by atoms with Crippen LogP contribution in [0.1, 0.15) is 39.1 Å². The highest BCUT2D eigenvalue weighted by molar-refractivity contribution is 6.08. The Bertz CT molecular complexity index is 794. The zero-order valence-corrected chi connectivity index (χ0v) is 13.6. The fraction of sp³-hybridized carbons (Fsp3) is 0.300. The summed E-state index contributed by atoms with van der Waals surface area (Å²) in [5.74, 6) is -0.00000554. The average molecular weight is 320 g/mol. The lowest BCUT2D eigenvalue weighted by atomic mass is 10.1. The zero-order valence-electron chi connectivity index (χ0n) is 13.6. The van der Waals surface area contributed by atoms with Crippen LogP contribution in [0.3, 0.4) is 0 Å². The van der Waals surface area contributed by atoms with Gasteiger partial charge in [0.25, 0.3) is 11.8 Å². The number of hydrogen-bond donors (Lipinski definition) is 0. The highest BCUT2D eigenvalue weighted by Gasteiger charge is 2.26. The molecule has 0 aromatic heterocycles. The van der Waals surface area contributed by atoms with E-state index in [1.165, 1.54) is 5.56 Å². The quantitative estimate of drug-likeness (QED) is 0.853. The predicted molar refractivity (Wildman–Crippen MR) is 93.4 cm³/mol. The van der Waals surface area contributed by atoms with Crippen molar-refractivity contribution in [3.8, 4) is 0 Å².